The van der Waals surface area contributed by atoms with E-state index in [1.165, 1.54) is 11.3 Å². The molecule has 0 aromatic carbocycles. The summed E-state index contributed by atoms with van der Waals surface area (Å²) >= 11 is 1.35. The van der Waals surface area contributed by atoms with Gasteiger partial charge >= 0.3 is 0 Å². The topological polar surface area (TPSA) is 58.2 Å². The van der Waals surface area contributed by atoms with Gasteiger partial charge in [-0.1, -0.05) is 13.3 Å². The van der Waals surface area contributed by atoms with Crippen molar-refractivity contribution < 1.29 is 8.42 Å². The number of sulfonamides is 1. The average molecular weight is 304 g/mol. The molecule has 0 fully saturated rings. The van der Waals surface area contributed by atoms with Crippen LogP contribution in [0.5, 0.6) is 0 Å². The molecule has 0 unspecified atom stereocenters. The van der Waals surface area contributed by atoms with Gasteiger partial charge in [0, 0.05) is 10.4 Å². The van der Waals surface area contributed by atoms with Gasteiger partial charge in [-0.05, 0) is 52.4 Å². The van der Waals surface area contributed by atoms with Gasteiger partial charge in [-0.15, -0.1) is 11.3 Å². The van der Waals surface area contributed by atoms with Gasteiger partial charge < -0.3 is 5.32 Å². The molecule has 0 saturated carbocycles. The average Bonchev–Trinajstić information content (AvgIpc) is 2.73. The van der Waals surface area contributed by atoms with Gasteiger partial charge in [-0.25, -0.2) is 13.1 Å². The Morgan fingerprint density at radius 3 is 2.58 bits per heavy atom. The summed E-state index contributed by atoms with van der Waals surface area (Å²) in [5.41, 5.74) is -0.400. The fraction of sp³-hybridized carbons (Fsp3) is 0.692. The summed E-state index contributed by atoms with van der Waals surface area (Å²) in [5.74, 6) is 0. The Bertz CT molecular complexity index is 492. The maximum atomic E-state index is 12.3. The first-order valence-corrected chi connectivity index (χ1v) is 8.88. The van der Waals surface area contributed by atoms with E-state index in [1.807, 2.05) is 27.0 Å². The molecule has 0 amide bonds. The van der Waals surface area contributed by atoms with Crippen LogP contribution in [0.2, 0.25) is 0 Å². The summed E-state index contributed by atoms with van der Waals surface area (Å²) in [7, 11) is -1.51. The zero-order valence-electron chi connectivity index (χ0n) is 12.1. The first-order valence-electron chi connectivity index (χ1n) is 6.58. The van der Waals surface area contributed by atoms with Crippen LogP contribution in [0.25, 0.3) is 0 Å². The van der Waals surface area contributed by atoms with Crippen LogP contribution >= 0.6 is 11.3 Å². The van der Waals surface area contributed by atoms with Gasteiger partial charge in [-0.2, -0.15) is 0 Å². The maximum absolute atomic E-state index is 12.3. The van der Waals surface area contributed by atoms with E-state index in [1.54, 1.807) is 6.07 Å². The molecule has 2 N–H and O–H groups in total. The summed E-state index contributed by atoms with van der Waals surface area (Å²) in [6, 6.07) is 3.59. The van der Waals surface area contributed by atoms with Crippen molar-refractivity contribution in [3.63, 3.8) is 0 Å². The molecule has 0 saturated heterocycles. The van der Waals surface area contributed by atoms with Crippen LogP contribution in [0.1, 0.15) is 38.5 Å². The molecule has 1 aromatic rings. The molecular weight excluding hydrogens is 280 g/mol. The molecule has 19 heavy (non-hydrogen) atoms. The van der Waals surface area contributed by atoms with Gasteiger partial charge in [0.05, 0.1) is 0 Å². The molecule has 0 bridgehead atoms. The number of thiophene rings is 1. The van der Waals surface area contributed by atoms with Gasteiger partial charge in [-0.3, -0.25) is 0 Å². The zero-order valence-corrected chi connectivity index (χ0v) is 13.7. The number of likely N-dealkylation sites (N-methyl/N-ethyl adjacent to an activating group) is 1. The van der Waals surface area contributed by atoms with Crippen molar-refractivity contribution in [2.24, 2.45) is 0 Å². The lowest BCUT2D eigenvalue weighted by Crippen LogP contribution is -2.42. The van der Waals surface area contributed by atoms with Crippen LogP contribution in [0.4, 0.5) is 0 Å². The maximum Gasteiger partial charge on any atom is 0.250 e. The molecule has 1 rings (SSSR count). The minimum atomic E-state index is -3.40. The van der Waals surface area contributed by atoms with Crippen LogP contribution in [0.3, 0.4) is 0 Å². The van der Waals surface area contributed by atoms with Crippen LogP contribution in [0.15, 0.2) is 16.3 Å². The summed E-state index contributed by atoms with van der Waals surface area (Å²) in [6.45, 7) is 6.75. The molecule has 0 spiro atoms. The predicted octanol–water partition coefficient (Wildman–Crippen LogP) is 2.37. The SMILES string of the molecule is CCCC(C)(C)NS(=O)(=O)c1ccc(CCNC)s1. The van der Waals surface area contributed by atoms with Crippen molar-refractivity contribution in [1.29, 1.82) is 0 Å². The largest absolute Gasteiger partial charge is 0.319 e. The minimum Gasteiger partial charge on any atom is -0.319 e. The fourth-order valence-electron chi connectivity index (χ4n) is 1.98. The summed E-state index contributed by atoms with van der Waals surface area (Å²) in [5, 5.41) is 3.06. The highest BCUT2D eigenvalue weighted by Gasteiger charge is 2.26. The quantitative estimate of drug-likeness (QED) is 0.775. The number of hydrogen-bond acceptors (Lipinski definition) is 4. The molecule has 0 aliphatic rings. The Hall–Kier alpha value is -0.430. The Kier molecular flexibility index (Phi) is 5.98. The summed E-state index contributed by atoms with van der Waals surface area (Å²) in [4.78, 5) is 1.09. The third-order valence-electron chi connectivity index (χ3n) is 2.81. The first-order chi connectivity index (χ1) is 8.80. The van der Waals surface area contributed by atoms with Crippen molar-refractivity contribution in [3.05, 3.63) is 17.0 Å². The summed E-state index contributed by atoms with van der Waals surface area (Å²) in [6.07, 6.45) is 2.63. The van der Waals surface area contributed by atoms with Crippen molar-refractivity contribution in [3.8, 4) is 0 Å². The highest BCUT2D eigenvalue weighted by Crippen LogP contribution is 2.24. The lowest BCUT2D eigenvalue weighted by molar-refractivity contribution is 0.418. The zero-order chi connectivity index (χ0) is 14.5. The Balaban J connectivity index is 2.80. The van der Waals surface area contributed by atoms with Crippen molar-refractivity contribution in [2.45, 2.75) is 49.8 Å². The lowest BCUT2D eigenvalue weighted by Gasteiger charge is -2.24. The Morgan fingerprint density at radius 1 is 1.32 bits per heavy atom. The van der Waals surface area contributed by atoms with E-state index >= 15 is 0 Å². The van der Waals surface area contributed by atoms with E-state index in [-0.39, 0.29) is 0 Å². The van der Waals surface area contributed by atoms with Crippen LogP contribution in [-0.4, -0.2) is 27.5 Å². The number of nitrogens with one attached hydrogen (secondary N) is 2. The van der Waals surface area contributed by atoms with Crippen molar-refractivity contribution >= 4 is 21.4 Å². The Morgan fingerprint density at radius 2 is 2.00 bits per heavy atom. The van der Waals surface area contributed by atoms with Gasteiger partial charge in [0.25, 0.3) is 10.0 Å². The van der Waals surface area contributed by atoms with Crippen molar-refractivity contribution in [2.75, 3.05) is 13.6 Å². The molecule has 4 nitrogen and oxygen atoms in total. The minimum absolute atomic E-state index is 0.400. The number of hydrogen-bond donors (Lipinski definition) is 2. The first kappa shape index (κ1) is 16.6. The second-order valence-corrected chi connectivity index (χ2v) is 8.39. The van der Waals surface area contributed by atoms with Crippen molar-refractivity contribution in [1.82, 2.24) is 10.0 Å². The fourth-order valence-corrected chi connectivity index (χ4v) is 4.77. The smallest absolute Gasteiger partial charge is 0.250 e. The van der Waals surface area contributed by atoms with Gasteiger partial charge in [0.1, 0.15) is 4.21 Å². The molecule has 0 atom stereocenters. The Labute approximate surface area is 120 Å². The van der Waals surface area contributed by atoms with Gasteiger partial charge in [0.15, 0.2) is 0 Å². The molecule has 1 aromatic heterocycles. The third-order valence-corrected chi connectivity index (χ3v) is 6.14. The highest BCUT2D eigenvalue weighted by atomic mass is 32.2. The summed E-state index contributed by atoms with van der Waals surface area (Å²) < 4.78 is 27.8. The van der Waals surface area contributed by atoms with E-state index in [2.05, 4.69) is 17.0 Å². The standard InChI is InChI=1S/C13H24N2O2S2/c1-5-9-13(2,3)15-19(16,17)12-7-6-11(18-12)8-10-14-4/h6-7,14-15H,5,8-10H2,1-4H3. The van der Waals surface area contributed by atoms with Crippen LogP contribution in [0, 0.1) is 0 Å². The van der Waals surface area contributed by atoms with E-state index < -0.39 is 15.6 Å². The monoisotopic (exact) mass is 304 g/mol. The second kappa shape index (κ2) is 6.83. The van der Waals surface area contributed by atoms with Crippen LogP contribution in [-0.2, 0) is 16.4 Å². The molecule has 0 aliphatic carbocycles. The molecular formula is C13H24N2O2S2. The predicted molar refractivity (Wildman–Crippen MR) is 81.3 cm³/mol. The van der Waals surface area contributed by atoms with E-state index in [4.69, 9.17) is 0 Å². The molecule has 6 heteroatoms. The second-order valence-electron chi connectivity index (χ2n) is 5.31. The van der Waals surface area contributed by atoms with E-state index in [0.717, 1.165) is 30.7 Å². The normalized spacial score (nSPS) is 12.8. The molecule has 1 heterocycles. The van der Waals surface area contributed by atoms with E-state index in [9.17, 15) is 8.42 Å². The van der Waals surface area contributed by atoms with Crippen LogP contribution < -0.4 is 10.0 Å². The number of rotatable bonds is 8. The highest BCUT2D eigenvalue weighted by molar-refractivity contribution is 7.91. The lowest BCUT2D eigenvalue weighted by atomic mass is 10.0. The molecule has 0 radical (unpaired) electrons. The molecule has 0 aliphatic heterocycles. The van der Waals surface area contributed by atoms with E-state index in [0.29, 0.717) is 4.21 Å². The van der Waals surface area contributed by atoms with Gasteiger partial charge in [0.2, 0.25) is 0 Å². The molecule has 110 valence electrons. The third kappa shape index (κ3) is 5.22.